The minimum Gasteiger partial charge on any atom is -0.321 e. The van der Waals surface area contributed by atoms with Gasteiger partial charge in [0.2, 0.25) is 5.91 Å². The van der Waals surface area contributed by atoms with Crippen LogP contribution in [0.25, 0.3) is 16.6 Å². The molecule has 5 rings (SSSR count). The van der Waals surface area contributed by atoms with Crippen molar-refractivity contribution in [1.82, 2.24) is 10.3 Å². The van der Waals surface area contributed by atoms with E-state index in [-0.39, 0.29) is 11.6 Å². The first-order chi connectivity index (χ1) is 21.2. The Hall–Kier alpha value is -3.93. The number of nitrogens with zero attached hydrogens (tertiary/aromatic N) is 1. The van der Waals surface area contributed by atoms with Crippen molar-refractivity contribution in [3.8, 4) is 10.6 Å². The number of anilines is 2. The van der Waals surface area contributed by atoms with Crippen LogP contribution in [0.2, 0.25) is 10.0 Å². The molecule has 0 saturated heterocycles. The second-order valence-electron chi connectivity index (χ2n) is 9.29. The number of hydrogen-bond donors (Lipinski definition) is 3. The van der Waals surface area contributed by atoms with E-state index in [2.05, 4.69) is 20.9 Å². The highest BCUT2D eigenvalue weighted by Gasteiger charge is 2.18. The molecule has 0 aliphatic carbocycles. The van der Waals surface area contributed by atoms with Crippen molar-refractivity contribution in [2.45, 2.75) is 17.1 Å². The lowest BCUT2D eigenvalue weighted by molar-refractivity contribution is -0.115. The number of amides is 3. The maximum atomic E-state index is 13.3. The monoisotopic (exact) mass is 678 g/mol. The molecule has 0 fully saturated rings. The van der Waals surface area contributed by atoms with Crippen LogP contribution in [0.3, 0.4) is 0 Å². The standard InChI is InChI=1S/C32H24Cl2N4O3S3/c1-19(29(39)38-32-37-27(18-43-32)28-8-5-15-42-28)44-24-13-11-23(12-14-24)35-31(41)26(16-21-9-10-22(33)17-25(21)34)36-30(40)20-6-3-2-4-7-20/h2-19H,1H3,(H,35,41)(H,36,40)(H,37,38,39)/b26-16-. The summed E-state index contributed by atoms with van der Waals surface area (Å²) in [7, 11) is 0. The smallest absolute Gasteiger partial charge is 0.272 e. The molecule has 3 aromatic carbocycles. The normalized spacial score (nSPS) is 11.9. The summed E-state index contributed by atoms with van der Waals surface area (Å²) in [6, 6.07) is 24.5. The van der Waals surface area contributed by atoms with E-state index in [1.54, 1.807) is 72.0 Å². The fourth-order valence-corrected chi connectivity index (χ4v) is 6.67. The van der Waals surface area contributed by atoms with Crippen molar-refractivity contribution >= 4 is 92.3 Å². The van der Waals surface area contributed by atoms with Crippen molar-refractivity contribution in [3.63, 3.8) is 0 Å². The van der Waals surface area contributed by atoms with E-state index in [0.29, 0.717) is 32.0 Å². The van der Waals surface area contributed by atoms with Gasteiger partial charge in [0.05, 0.1) is 15.8 Å². The number of benzene rings is 3. The fourth-order valence-electron chi connectivity index (χ4n) is 3.87. The summed E-state index contributed by atoms with van der Waals surface area (Å²) in [5.41, 5.74) is 2.24. The van der Waals surface area contributed by atoms with E-state index >= 15 is 0 Å². The Morgan fingerprint density at radius 2 is 1.68 bits per heavy atom. The number of thiophene rings is 1. The second kappa shape index (κ2) is 14.7. The van der Waals surface area contributed by atoms with Crippen molar-refractivity contribution in [1.29, 1.82) is 0 Å². The van der Waals surface area contributed by atoms with Gasteiger partial charge in [-0.25, -0.2) is 4.98 Å². The lowest BCUT2D eigenvalue weighted by Crippen LogP contribution is -2.30. The summed E-state index contributed by atoms with van der Waals surface area (Å²) in [4.78, 5) is 45.4. The number of nitrogens with one attached hydrogen (secondary N) is 3. The van der Waals surface area contributed by atoms with Crippen LogP contribution < -0.4 is 16.0 Å². The lowest BCUT2D eigenvalue weighted by Gasteiger charge is -2.13. The third kappa shape index (κ3) is 8.37. The molecule has 0 bridgehead atoms. The van der Waals surface area contributed by atoms with Gasteiger partial charge in [-0.1, -0.05) is 53.5 Å². The minimum absolute atomic E-state index is 0.00348. The van der Waals surface area contributed by atoms with Gasteiger partial charge >= 0.3 is 0 Å². The zero-order valence-corrected chi connectivity index (χ0v) is 27.0. The van der Waals surface area contributed by atoms with Crippen LogP contribution in [0.1, 0.15) is 22.8 Å². The topological polar surface area (TPSA) is 100 Å². The fraction of sp³-hybridized carbons (Fsp3) is 0.0625. The number of carbonyl (C=O) groups excluding carboxylic acids is 3. The van der Waals surface area contributed by atoms with Crippen molar-refractivity contribution < 1.29 is 14.4 Å². The van der Waals surface area contributed by atoms with E-state index < -0.39 is 17.1 Å². The van der Waals surface area contributed by atoms with E-state index in [4.69, 9.17) is 23.2 Å². The molecule has 0 aliphatic rings. The zero-order valence-electron chi connectivity index (χ0n) is 23.0. The number of hydrogen-bond acceptors (Lipinski definition) is 7. The summed E-state index contributed by atoms with van der Waals surface area (Å²) in [6.45, 7) is 1.82. The average molecular weight is 680 g/mol. The third-order valence-electron chi connectivity index (χ3n) is 6.09. The van der Waals surface area contributed by atoms with E-state index in [1.807, 2.05) is 41.9 Å². The van der Waals surface area contributed by atoms with Crippen molar-refractivity contribution in [2.75, 3.05) is 10.6 Å². The van der Waals surface area contributed by atoms with Crippen molar-refractivity contribution in [3.05, 3.63) is 123 Å². The van der Waals surface area contributed by atoms with Gasteiger partial charge in [0.15, 0.2) is 5.13 Å². The van der Waals surface area contributed by atoms with Gasteiger partial charge < -0.3 is 16.0 Å². The molecule has 3 amide bonds. The number of rotatable bonds is 10. The van der Waals surface area contributed by atoms with Gasteiger partial charge in [0, 0.05) is 31.6 Å². The van der Waals surface area contributed by atoms with E-state index in [9.17, 15) is 14.4 Å². The van der Waals surface area contributed by atoms with Crippen LogP contribution in [-0.4, -0.2) is 28.0 Å². The Labute approximate surface area is 276 Å². The Morgan fingerprint density at radius 3 is 2.39 bits per heavy atom. The van der Waals surface area contributed by atoms with Gasteiger partial charge in [-0.15, -0.1) is 34.4 Å². The van der Waals surface area contributed by atoms with Crippen LogP contribution in [0, 0.1) is 0 Å². The molecule has 0 radical (unpaired) electrons. The predicted molar refractivity (Wildman–Crippen MR) is 183 cm³/mol. The highest BCUT2D eigenvalue weighted by molar-refractivity contribution is 8.00. The Balaban J connectivity index is 1.23. The van der Waals surface area contributed by atoms with Gasteiger partial charge in [0.25, 0.3) is 11.8 Å². The third-order valence-corrected chi connectivity index (χ3v) is 9.42. The first-order valence-corrected chi connectivity index (χ1v) is 16.6. The molecule has 2 aromatic heterocycles. The average Bonchev–Trinajstić information content (AvgIpc) is 3.72. The molecule has 7 nitrogen and oxygen atoms in total. The van der Waals surface area contributed by atoms with Crippen LogP contribution in [0.15, 0.2) is 106 Å². The molecule has 0 aliphatic heterocycles. The molecule has 1 unspecified atom stereocenters. The van der Waals surface area contributed by atoms with Crippen LogP contribution in [0.4, 0.5) is 10.8 Å². The molecule has 222 valence electrons. The summed E-state index contributed by atoms with van der Waals surface area (Å²) in [5, 5.41) is 13.2. The molecular weight excluding hydrogens is 655 g/mol. The maximum absolute atomic E-state index is 13.3. The first-order valence-electron chi connectivity index (χ1n) is 13.2. The van der Waals surface area contributed by atoms with Gasteiger partial charge in [0.1, 0.15) is 5.70 Å². The Kier molecular flexibility index (Phi) is 10.5. The van der Waals surface area contributed by atoms with Gasteiger partial charge in [-0.05, 0) is 78.5 Å². The summed E-state index contributed by atoms with van der Waals surface area (Å²) in [5.74, 6) is -1.15. The Bertz CT molecular complexity index is 1810. The number of thioether (sulfide) groups is 1. The predicted octanol–water partition coefficient (Wildman–Crippen LogP) is 8.71. The number of aromatic nitrogens is 1. The van der Waals surface area contributed by atoms with E-state index in [0.717, 1.165) is 15.5 Å². The molecule has 0 spiro atoms. The second-order valence-corrected chi connectivity index (χ2v) is 13.4. The highest BCUT2D eigenvalue weighted by atomic mass is 35.5. The van der Waals surface area contributed by atoms with Crippen molar-refractivity contribution in [2.24, 2.45) is 0 Å². The summed E-state index contributed by atoms with van der Waals surface area (Å²) < 4.78 is 0. The van der Waals surface area contributed by atoms with Gasteiger partial charge in [-0.2, -0.15) is 0 Å². The lowest BCUT2D eigenvalue weighted by atomic mass is 10.1. The molecule has 5 aromatic rings. The highest BCUT2D eigenvalue weighted by Crippen LogP contribution is 2.30. The molecule has 0 saturated carbocycles. The van der Waals surface area contributed by atoms with Crippen LogP contribution in [0.5, 0.6) is 0 Å². The summed E-state index contributed by atoms with van der Waals surface area (Å²) >= 11 is 16.7. The molecule has 12 heteroatoms. The number of thiazole rings is 1. The summed E-state index contributed by atoms with van der Waals surface area (Å²) in [6.07, 6.45) is 1.49. The van der Waals surface area contributed by atoms with Crippen LogP contribution >= 0.6 is 57.6 Å². The molecule has 1 atom stereocenters. The maximum Gasteiger partial charge on any atom is 0.272 e. The molecule has 3 N–H and O–H groups in total. The first kappa shape index (κ1) is 31.5. The number of carbonyl (C=O) groups is 3. The number of halogens is 2. The molecule has 44 heavy (non-hydrogen) atoms. The molecular formula is C32H24Cl2N4O3S3. The minimum atomic E-state index is -0.543. The zero-order chi connectivity index (χ0) is 31.1. The largest absolute Gasteiger partial charge is 0.321 e. The van der Waals surface area contributed by atoms with Gasteiger partial charge in [-0.3, -0.25) is 14.4 Å². The SMILES string of the molecule is CC(Sc1ccc(NC(=O)/C(=C/c2ccc(Cl)cc2Cl)NC(=O)c2ccccc2)cc1)C(=O)Nc1nc(-c2cccs2)cs1. The Morgan fingerprint density at radius 1 is 0.909 bits per heavy atom. The quantitative estimate of drug-likeness (QED) is 0.101. The van der Waals surface area contributed by atoms with E-state index in [1.165, 1.54) is 29.2 Å². The van der Waals surface area contributed by atoms with Crippen LogP contribution in [-0.2, 0) is 9.59 Å². The molecule has 2 heterocycles.